The Morgan fingerprint density at radius 1 is 1.33 bits per heavy atom. The fourth-order valence-electron chi connectivity index (χ4n) is 3.63. The highest BCUT2D eigenvalue weighted by Gasteiger charge is 2.41. The molecule has 1 aromatic heterocycles. The molecule has 2 amide bonds. The van der Waals surface area contributed by atoms with Crippen molar-refractivity contribution in [3.63, 3.8) is 0 Å². The molecule has 24 heavy (non-hydrogen) atoms. The van der Waals surface area contributed by atoms with E-state index in [9.17, 15) is 9.59 Å². The number of carbonyl (C=O) groups excluding carboxylic acids is 2. The minimum absolute atomic E-state index is 0.197. The summed E-state index contributed by atoms with van der Waals surface area (Å²) < 4.78 is 0. The van der Waals surface area contributed by atoms with E-state index in [1.165, 1.54) is 0 Å². The van der Waals surface area contributed by atoms with E-state index in [1.807, 2.05) is 19.2 Å². The van der Waals surface area contributed by atoms with Crippen LogP contribution in [0.25, 0.3) is 0 Å². The van der Waals surface area contributed by atoms with Crippen molar-refractivity contribution < 1.29 is 9.59 Å². The van der Waals surface area contributed by atoms with Crippen LogP contribution in [0, 0.1) is 0 Å². The topological polar surface area (TPSA) is 65.5 Å². The highest BCUT2D eigenvalue weighted by molar-refractivity contribution is 6.03. The first-order valence-electron chi connectivity index (χ1n) is 8.74. The fraction of sp³-hybridized carbons (Fsp3) is 0.611. The molecule has 3 rings (SSSR count). The number of piperazine rings is 1. The molecule has 0 saturated carbocycles. The van der Waals surface area contributed by atoms with Crippen molar-refractivity contribution in [2.24, 2.45) is 0 Å². The summed E-state index contributed by atoms with van der Waals surface area (Å²) >= 11 is 0. The first-order valence-corrected chi connectivity index (χ1v) is 8.74. The lowest BCUT2D eigenvalue weighted by molar-refractivity contribution is -0.137. The Bertz CT molecular complexity index is 630. The van der Waals surface area contributed by atoms with Gasteiger partial charge in [0.15, 0.2) is 0 Å². The highest BCUT2D eigenvalue weighted by atomic mass is 16.2. The summed E-state index contributed by atoms with van der Waals surface area (Å²) in [6, 6.07) is 4.43. The molecule has 130 valence electrons. The van der Waals surface area contributed by atoms with Crippen molar-refractivity contribution in [3.05, 3.63) is 24.0 Å². The van der Waals surface area contributed by atoms with Crippen molar-refractivity contribution in [3.8, 4) is 0 Å². The monoisotopic (exact) mass is 330 g/mol. The molecular weight excluding hydrogens is 304 g/mol. The molecule has 0 bridgehead atoms. The number of nitrogens with zero attached hydrogens (tertiary/aromatic N) is 3. The number of aromatic nitrogens is 1. The van der Waals surface area contributed by atoms with Crippen LogP contribution >= 0.6 is 0 Å². The van der Waals surface area contributed by atoms with Crippen LogP contribution < -0.4 is 10.2 Å². The standard InChI is InChI=1S/C18H26N4O2/c1-4-21-9-10-22(13(2)12-21)14-5-6-15(19-11-14)18(3)8-7-16(23)20-17(18)24/h5-6,11,13H,4,7-10,12H2,1-3H3,(H,20,23,24)/t13-,18+/m0/s1. The largest absolute Gasteiger partial charge is 0.365 e. The van der Waals surface area contributed by atoms with Gasteiger partial charge in [-0.05, 0) is 38.9 Å². The second kappa shape index (κ2) is 6.51. The molecule has 0 aromatic carbocycles. The lowest BCUT2D eigenvalue weighted by atomic mass is 9.78. The third kappa shape index (κ3) is 3.02. The molecule has 0 spiro atoms. The molecule has 6 heteroatoms. The summed E-state index contributed by atoms with van der Waals surface area (Å²) in [5.41, 5.74) is 1.10. The van der Waals surface area contributed by atoms with Gasteiger partial charge < -0.3 is 4.90 Å². The summed E-state index contributed by atoms with van der Waals surface area (Å²) in [6.07, 6.45) is 2.74. The third-order valence-corrected chi connectivity index (χ3v) is 5.41. The van der Waals surface area contributed by atoms with E-state index in [-0.39, 0.29) is 11.8 Å². The smallest absolute Gasteiger partial charge is 0.238 e. The number of hydrogen-bond acceptors (Lipinski definition) is 5. The fourth-order valence-corrected chi connectivity index (χ4v) is 3.63. The summed E-state index contributed by atoms with van der Waals surface area (Å²) in [4.78, 5) is 33.0. The minimum atomic E-state index is -0.723. The molecule has 2 aliphatic heterocycles. The lowest BCUT2D eigenvalue weighted by Gasteiger charge is -2.41. The Balaban J connectivity index is 1.76. The van der Waals surface area contributed by atoms with Gasteiger partial charge in [0.1, 0.15) is 0 Å². The quantitative estimate of drug-likeness (QED) is 0.847. The molecule has 1 aromatic rings. The molecule has 2 atom stereocenters. The lowest BCUT2D eigenvalue weighted by Crippen LogP contribution is -2.52. The molecule has 0 unspecified atom stereocenters. The van der Waals surface area contributed by atoms with E-state index in [0.717, 1.165) is 37.6 Å². The molecule has 2 fully saturated rings. The molecular formula is C18H26N4O2. The van der Waals surface area contributed by atoms with Gasteiger partial charge in [-0.3, -0.25) is 24.8 Å². The van der Waals surface area contributed by atoms with Gasteiger partial charge in [-0.1, -0.05) is 6.92 Å². The highest BCUT2D eigenvalue weighted by Crippen LogP contribution is 2.32. The van der Waals surface area contributed by atoms with Gasteiger partial charge in [-0.2, -0.15) is 0 Å². The Morgan fingerprint density at radius 2 is 2.12 bits per heavy atom. The number of piperidine rings is 1. The number of hydrogen-bond donors (Lipinski definition) is 1. The predicted octanol–water partition coefficient (Wildman–Crippen LogP) is 1.31. The van der Waals surface area contributed by atoms with E-state index in [1.54, 1.807) is 0 Å². The molecule has 2 aliphatic rings. The van der Waals surface area contributed by atoms with Crippen LogP contribution in [-0.4, -0.2) is 53.9 Å². The van der Waals surface area contributed by atoms with E-state index >= 15 is 0 Å². The Hall–Kier alpha value is -1.95. The maximum atomic E-state index is 12.2. The van der Waals surface area contributed by atoms with Gasteiger partial charge in [-0.25, -0.2) is 0 Å². The van der Waals surface area contributed by atoms with Crippen LogP contribution in [0.2, 0.25) is 0 Å². The van der Waals surface area contributed by atoms with Crippen molar-refractivity contribution >= 4 is 17.5 Å². The Kier molecular flexibility index (Phi) is 4.58. The zero-order chi connectivity index (χ0) is 17.3. The maximum Gasteiger partial charge on any atom is 0.238 e. The van der Waals surface area contributed by atoms with Crippen LogP contribution in [0.15, 0.2) is 18.3 Å². The molecule has 6 nitrogen and oxygen atoms in total. The summed E-state index contributed by atoms with van der Waals surface area (Å²) in [5.74, 6) is -0.444. The van der Waals surface area contributed by atoms with Crippen molar-refractivity contribution in [1.82, 2.24) is 15.2 Å². The Morgan fingerprint density at radius 3 is 2.71 bits per heavy atom. The van der Waals surface area contributed by atoms with E-state index in [4.69, 9.17) is 0 Å². The van der Waals surface area contributed by atoms with Crippen molar-refractivity contribution in [2.75, 3.05) is 31.1 Å². The Labute approximate surface area is 143 Å². The zero-order valence-corrected chi connectivity index (χ0v) is 14.7. The first-order chi connectivity index (χ1) is 11.4. The number of likely N-dealkylation sites (N-methyl/N-ethyl adjacent to an activating group) is 1. The van der Waals surface area contributed by atoms with Gasteiger partial charge in [0.2, 0.25) is 11.8 Å². The average Bonchev–Trinajstić information content (AvgIpc) is 2.58. The summed E-state index contributed by atoms with van der Waals surface area (Å²) in [7, 11) is 0. The second-order valence-electron chi connectivity index (χ2n) is 7.05. The molecule has 0 radical (unpaired) electrons. The SMILES string of the molecule is CCN1CCN(c2ccc([C@@]3(C)CCC(=O)NC3=O)nc2)[C@@H](C)C1. The molecule has 0 aliphatic carbocycles. The number of carbonyl (C=O) groups is 2. The van der Waals surface area contributed by atoms with Crippen LogP contribution in [-0.2, 0) is 15.0 Å². The van der Waals surface area contributed by atoms with E-state index in [2.05, 4.69) is 40.0 Å². The number of anilines is 1. The summed E-state index contributed by atoms with van der Waals surface area (Å²) in [6.45, 7) is 10.5. The van der Waals surface area contributed by atoms with Crippen LogP contribution in [0.5, 0.6) is 0 Å². The van der Waals surface area contributed by atoms with E-state index in [0.29, 0.717) is 18.9 Å². The van der Waals surface area contributed by atoms with Gasteiger partial charge in [0, 0.05) is 32.1 Å². The minimum Gasteiger partial charge on any atom is -0.365 e. The summed E-state index contributed by atoms with van der Waals surface area (Å²) in [5, 5.41) is 2.43. The zero-order valence-electron chi connectivity index (χ0n) is 14.7. The van der Waals surface area contributed by atoms with Crippen LogP contribution in [0.4, 0.5) is 5.69 Å². The molecule has 3 heterocycles. The molecule has 1 N–H and O–H groups in total. The number of rotatable bonds is 3. The van der Waals surface area contributed by atoms with Crippen LogP contribution in [0.3, 0.4) is 0 Å². The van der Waals surface area contributed by atoms with Crippen LogP contribution in [0.1, 0.15) is 39.3 Å². The number of pyridine rings is 1. The van der Waals surface area contributed by atoms with Gasteiger partial charge >= 0.3 is 0 Å². The maximum absolute atomic E-state index is 12.2. The number of nitrogens with one attached hydrogen (secondary N) is 1. The molecule has 2 saturated heterocycles. The average molecular weight is 330 g/mol. The third-order valence-electron chi connectivity index (χ3n) is 5.41. The first kappa shape index (κ1) is 16.9. The van der Waals surface area contributed by atoms with E-state index < -0.39 is 5.41 Å². The second-order valence-corrected chi connectivity index (χ2v) is 7.05. The number of imide groups is 1. The normalized spacial score (nSPS) is 28.8. The van der Waals surface area contributed by atoms with Gasteiger partial charge in [-0.15, -0.1) is 0 Å². The number of amides is 2. The predicted molar refractivity (Wildman–Crippen MR) is 92.9 cm³/mol. The van der Waals surface area contributed by atoms with Crippen molar-refractivity contribution in [1.29, 1.82) is 0 Å². The van der Waals surface area contributed by atoms with Gasteiger partial charge in [0.05, 0.1) is 23.0 Å². The van der Waals surface area contributed by atoms with Crippen molar-refractivity contribution in [2.45, 2.75) is 45.1 Å². The van der Waals surface area contributed by atoms with Gasteiger partial charge in [0.25, 0.3) is 0 Å².